The molecular weight excluding hydrogens is 364 g/mol. The number of benzene rings is 1. The van der Waals surface area contributed by atoms with E-state index < -0.39 is 5.92 Å². The minimum Gasteiger partial charge on any atom is -0.493 e. The Bertz CT molecular complexity index is 826. The molecule has 0 aliphatic rings. The topological polar surface area (TPSA) is 91.1 Å². The Balaban J connectivity index is 2.11. The number of carbonyl (C=O) groups excluding carboxylic acids is 2. The highest BCUT2D eigenvalue weighted by molar-refractivity contribution is 5.95. The number of rotatable bonds is 8. The van der Waals surface area contributed by atoms with Crippen LogP contribution in [-0.4, -0.2) is 49.7 Å². The number of hydrogen-bond donors (Lipinski definition) is 0. The average Bonchev–Trinajstić information content (AvgIpc) is 3.02. The second kappa shape index (κ2) is 9.25. The predicted molar refractivity (Wildman–Crippen MR) is 101 cm³/mol. The molecule has 0 aliphatic heterocycles. The summed E-state index contributed by atoms with van der Waals surface area (Å²) in [5.74, 6) is 0.631. The van der Waals surface area contributed by atoms with Gasteiger partial charge in [0, 0.05) is 19.2 Å². The standard InChI is InChI=1S/C20H26N2O6/c1-12(20(24)26-6)10-22(4)19(23)15-7-8-17(18(9-15)25-5)27-11-16-13(2)21-28-14(16)3/h7-9,12H,10-11H2,1-6H3. The maximum absolute atomic E-state index is 12.7. The van der Waals surface area contributed by atoms with Gasteiger partial charge in [-0.2, -0.15) is 0 Å². The van der Waals surface area contributed by atoms with E-state index in [2.05, 4.69) is 5.16 Å². The fourth-order valence-corrected chi connectivity index (χ4v) is 2.77. The Labute approximate surface area is 164 Å². The third kappa shape index (κ3) is 4.82. The summed E-state index contributed by atoms with van der Waals surface area (Å²) < 4.78 is 21.0. The van der Waals surface area contributed by atoms with Crippen molar-refractivity contribution in [2.24, 2.45) is 5.92 Å². The summed E-state index contributed by atoms with van der Waals surface area (Å²) in [5, 5.41) is 3.90. The molecular formula is C20H26N2O6. The molecule has 0 saturated carbocycles. The van der Waals surface area contributed by atoms with Gasteiger partial charge in [0.25, 0.3) is 5.91 Å². The molecule has 1 heterocycles. The molecule has 0 aliphatic carbocycles. The van der Waals surface area contributed by atoms with Crippen LogP contribution in [0.3, 0.4) is 0 Å². The molecule has 0 saturated heterocycles. The molecule has 0 fully saturated rings. The Hall–Kier alpha value is -3.03. The first-order valence-electron chi connectivity index (χ1n) is 8.84. The van der Waals surface area contributed by atoms with Crippen molar-refractivity contribution >= 4 is 11.9 Å². The van der Waals surface area contributed by atoms with Gasteiger partial charge in [-0.3, -0.25) is 9.59 Å². The normalized spacial score (nSPS) is 11.6. The molecule has 0 spiro atoms. The van der Waals surface area contributed by atoms with Gasteiger partial charge >= 0.3 is 5.97 Å². The molecule has 1 amide bonds. The molecule has 152 valence electrons. The number of nitrogens with zero attached hydrogens (tertiary/aromatic N) is 2. The number of aryl methyl sites for hydroxylation is 2. The molecule has 0 N–H and O–H groups in total. The summed E-state index contributed by atoms with van der Waals surface area (Å²) in [5.41, 5.74) is 2.07. The van der Waals surface area contributed by atoms with E-state index in [1.807, 2.05) is 13.8 Å². The number of aromatic nitrogens is 1. The van der Waals surface area contributed by atoms with Crippen LogP contribution in [0.4, 0.5) is 0 Å². The van der Waals surface area contributed by atoms with Crippen LogP contribution in [0, 0.1) is 19.8 Å². The van der Waals surface area contributed by atoms with Gasteiger partial charge in [0.1, 0.15) is 12.4 Å². The third-order valence-corrected chi connectivity index (χ3v) is 4.46. The van der Waals surface area contributed by atoms with Crippen molar-refractivity contribution in [3.8, 4) is 11.5 Å². The molecule has 2 aromatic rings. The largest absolute Gasteiger partial charge is 0.493 e. The van der Waals surface area contributed by atoms with E-state index >= 15 is 0 Å². The van der Waals surface area contributed by atoms with Gasteiger partial charge < -0.3 is 23.6 Å². The van der Waals surface area contributed by atoms with Crippen molar-refractivity contribution in [3.63, 3.8) is 0 Å². The molecule has 1 unspecified atom stereocenters. The van der Waals surface area contributed by atoms with Crippen molar-refractivity contribution in [2.45, 2.75) is 27.4 Å². The lowest BCUT2D eigenvalue weighted by atomic mass is 10.1. The van der Waals surface area contributed by atoms with Crippen LogP contribution in [0.25, 0.3) is 0 Å². The zero-order chi connectivity index (χ0) is 20.8. The monoisotopic (exact) mass is 390 g/mol. The Morgan fingerprint density at radius 1 is 1.21 bits per heavy atom. The van der Waals surface area contributed by atoms with E-state index in [9.17, 15) is 9.59 Å². The van der Waals surface area contributed by atoms with Crippen LogP contribution in [0.15, 0.2) is 22.7 Å². The van der Waals surface area contributed by atoms with E-state index in [0.717, 1.165) is 11.3 Å². The van der Waals surface area contributed by atoms with Crippen LogP contribution in [0.1, 0.15) is 34.3 Å². The van der Waals surface area contributed by atoms with E-state index in [1.165, 1.54) is 19.1 Å². The summed E-state index contributed by atoms with van der Waals surface area (Å²) in [4.78, 5) is 25.7. The number of ether oxygens (including phenoxy) is 3. The zero-order valence-corrected chi connectivity index (χ0v) is 17.1. The number of methoxy groups -OCH3 is 2. The summed E-state index contributed by atoms with van der Waals surface area (Å²) in [6.07, 6.45) is 0. The van der Waals surface area contributed by atoms with Crippen LogP contribution < -0.4 is 9.47 Å². The van der Waals surface area contributed by atoms with E-state index in [-0.39, 0.29) is 25.0 Å². The second-order valence-corrected chi connectivity index (χ2v) is 6.57. The Morgan fingerprint density at radius 2 is 1.93 bits per heavy atom. The molecule has 1 atom stereocenters. The first-order chi connectivity index (χ1) is 13.3. The molecule has 0 bridgehead atoms. The lowest BCUT2D eigenvalue weighted by Crippen LogP contribution is -2.34. The maximum atomic E-state index is 12.7. The summed E-state index contributed by atoms with van der Waals surface area (Å²) in [7, 11) is 4.47. The Morgan fingerprint density at radius 3 is 2.50 bits per heavy atom. The third-order valence-electron chi connectivity index (χ3n) is 4.46. The summed E-state index contributed by atoms with van der Waals surface area (Å²) in [6, 6.07) is 4.96. The minimum absolute atomic E-state index is 0.230. The Kier molecular flexibility index (Phi) is 7.03. The first-order valence-corrected chi connectivity index (χ1v) is 8.84. The smallest absolute Gasteiger partial charge is 0.310 e. The van der Waals surface area contributed by atoms with Gasteiger partial charge in [0.2, 0.25) is 0 Å². The lowest BCUT2D eigenvalue weighted by Gasteiger charge is -2.21. The van der Waals surface area contributed by atoms with E-state index in [0.29, 0.717) is 22.8 Å². The first kappa shape index (κ1) is 21.3. The highest BCUT2D eigenvalue weighted by atomic mass is 16.5. The van der Waals surface area contributed by atoms with Gasteiger partial charge in [0.05, 0.1) is 31.4 Å². The van der Waals surface area contributed by atoms with Crippen LogP contribution in [-0.2, 0) is 16.1 Å². The molecule has 28 heavy (non-hydrogen) atoms. The molecule has 1 aromatic carbocycles. The van der Waals surface area contributed by atoms with Crippen molar-refractivity contribution < 1.29 is 28.3 Å². The number of amides is 1. The number of carbonyl (C=O) groups is 2. The quantitative estimate of drug-likeness (QED) is 0.640. The second-order valence-electron chi connectivity index (χ2n) is 6.57. The summed E-state index contributed by atoms with van der Waals surface area (Å²) >= 11 is 0. The van der Waals surface area contributed by atoms with E-state index in [4.69, 9.17) is 18.7 Å². The molecule has 8 heteroatoms. The maximum Gasteiger partial charge on any atom is 0.310 e. The number of esters is 1. The average molecular weight is 390 g/mol. The van der Waals surface area contributed by atoms with Gasteiger partial charge in [-0.1, -0.05) is 12.1 Å². The highest BCUT2D eigenvalue weighted by Gasteiger charge is 2.21. The highest BCUT2D eigenvalue weighted by Crippen LogP contribution is 2.30. The predicted octanol–water partition coefficient (Wildman–Crippen LogP) is 2.76. The lowest BCUT2D eigenvalue weighted by molar-refractivity contribution is -0.145. The molecule has 0 radical (unpaired) electrons. The molecule has 1 aromatic heterocycles. The van der Waals surface area contributed by atoms with Gasteiger partial charge in [-0.15, -0.1) is 0 Å². The fraction of sp³-hybridized carbons (Fsp3) is 0.450. The van der Waals surface area contributed by atoms with Crippen LogP contribution in [0.5, 0.6) is 11.5 Å². The van der Waals surface area contributed by atoms with Gasteiger partial charge in [-0.05, 0) is 32.0 Å². The van der Waals surface area contributed by atoms with E-state index in [1.54, 1.807) is 32.2 Å². The summed E-state index contributed by atoms with van der Waals surface area (Å²) in [6.45, 7) is 5.91. The van der Waals surface area contributed by atoms with Gasteiger partial charge in [0.15, 0.2) is 11.5 Å². The van der Waals surface area contributed by atoms with Crippen molar-refractivity contribution in [2.75, 3.05) is 27.8 Å². The molecule has 8 nitrogen and oxygen atoms in total. The van der Waals surface area contributed by atoms with Crippen LogP contribution >= 0.6 is 0 Å². The van der Waals surface area contributed by atoms with Crippen molar-refractivity contribution in [1.82, 2.24) is 10.1 Å². The fourth-order valence-electron chi connectivity index (χ4n) is 2.77. The minimum atomic E-state index is -0.418. The van der Waals surface area contributed by atoms with Crippen LogP contribution in [0.2, 0.25) is 0 Å². The van der Waals surface area contributed by atoms with Gasteiger partial charge in [-0.25, -0.2) is 0 Å². The number of hydrogen-bond acceptors (Lipinski definition) is 7. The van der Waals surface area contributed by atoms with Crippen molar-refractivity contribution in [3.05, 3.63) is 40.8 Å². The zero-order valence-electron chi connectivity index (χ0n) is 17.1. The van der Waals surface area contributed by atoms with Crippen molar-refractivity contribution in [1.29, 1.82) is 0 Å². The SMILES string of the molecule is COC(=O)C(C)CN(C)C(=O)c1ccc(OCc2c(C)noc2C)c(OC)c1. The molecule has 2 rings (SSSR count).